The first-order valence-corrected chi connectivity index (χ1v) is 8.36. The summed E-state index contributed by atoms with van der Waals surface area (Å²) in [6.45, 7) is 2.23. The lowest BCUT2D eigenvalue weighted by Gasteiger charge is -2.37. The van der Waals surface area contributed by atoms with Crippen molar-refractivity contribution >= 4 is 10.2 Å². The van der Waals surface area contributed by atoms with Crippen LogP contribution in [0.15, 0.2) is 0 Å². The van der Waals surface area contributed by atoms with E-state index in [-0.39, 0.29) is 18.6 Å². The van der Waals surface area contributed by atoms with E-state index in [0.717, 1.165) is 25.7 Å². The van der Waals surface area contributed by atoms with Gasteiger partial charge in [0.25, 0.3) is 10.2 Å². The van der Waals surface area contributed by atoms with Gasteiger partial charge in [-0.15, -0.1) is 0 Å². The van der Waals surface area contributed by atoms with Crippen LogP contribution in [0.5, 0.6) is 0 Å². The molecule has 0 saturated carbocycles. The van der Waals surface area contributed by atoms with Gasteiger partial charge in [0.2, 0.25) is 0 Å². The predicted octanol–water partition coefficient (Wildman–Crippen LogP) is 0.0463. The Morgan fingerprint density at radius 3 is 2.42 bits per heavy atom. The zero-order valence-corrected chi connectivity index (χ0v) is 12.3. The molecule has 1 N–H and O–H groups in total. The number of piperidine rings is 2. The molecule has 0 spiro atoms. The van der Waals surface area contributed by atoms with Crippen LogP contribution in [0.3, 0.4) is 0 Å². The van der Waals surface area contributed by atoms with Crippen LogP contribution in [-0.4, -0.2) is 68.1 Å². The Kier molecular flexibility index (Phi) is 5.19. The van der Waals surface area contributed by atoms with E-state index in [1.807, 2.05) is 0 Å². The van der Waals surface area contributed by atoms with Gasteiger partial charge in [0.05, 0.1) is 6.10 Å². The van der Waals surface area contributed by atoms with Crippen molar-refractivity contribution in [2.75, 3.05) is 39.9 Å². The van der Waals surface area contributed by atoms with Crippen molar-refractivity contribution in [2.24, 2.45) is 5.92 Å². The lowest BCUT2D eigenvalue weighted by Crippen LogP contribution is -2.51. The second kappa shape index (κ2) is 6.49. The third kappa shape index (κ3) is 3.46. The molecule has 7 heteroatoms. The molecule has 0 aromatic carbocycles. The highest BCUT2D eigenvalue weighted by atomic mass is 32.2. The molecule has 0 aromatic heterocycles. The van der Waals surface area contributed by atoms with Crippen LogP contribution in [0.25, 0.3) is 0 Å². The third-order valence-corrected chi connectivity index (χ3v) is 6.16. The molecule has 112 valence electrons. The van der Waals surface area contributed by atoms with Crippen LogP contribution >= 0.6 is 0 Å². The summed E-state index contributed by atoms with van der Waals surface area (Å²) in [4.78, 5) is 0. The Morgan fingerprint density at radius 1 is 1.16 bits per heavy atom. The highest BCUT2D eigenvalue weighted by molar-refractivity contribution is 7.86. The molecule has 2 saturated heterocycles. The van der Waals surface area contributed by atoms with Gasteiger partial charge in [0, 0.05) is 39.9 Å². The van der Waals surface area contributed by atoms with Crippen molar-refractivity contribution in [3.8, 4) is 0 Å². The first-order chi connectivity index (χ1) is 9.07. The summed E-state index contributed by atoms with van der Waals surface area (Å²) in [7, 11) is -1.72. The minimum atomic E-state index is -3.35. The number of hydrogen-bond donors (Lipinski definition) is 1. The molecular weight excluding hydrogens is 268 g/mol. The smallest absolute Gasteiger partial charge is 0.282 e. The summed E-state index contributed by atoms with van der Waals surface area (Å²) in [6.07, 6.45) is 3.28. The van der Waals surface area contributed by atoms with Crippen LogP contribution in [0.4, 0.5) is 0 Å². The van der Waals surface area contributed by atoms with Crippen molar-refractivity contribution < 1.29 is 18.3 Å². The van der Waals surface area contributed by atoms with Gasteiger partial charge in [-0.05, 0) is 31.6 Å². The van der Waals surface area contributed by atoms with Crippen molar-refractivity contribution in [1.29, 1.82) is 0 Å². The summed E-state index contributed by atoms with van der Waals surface area (Å²) in [6, 6.07) is 0. The van der Waals surface area contributed by atoms with E-state index in [9.17, 15) is 8.42 Å². The van der Waals surface area contributed by atoms with Crippen molar-refractivity contribution in [2.45, 2.75) is 31.8 Å². The Morgan fingerprint density at radius 2 is 1.84 bits per heavy atom. The number of methoxy groups -OCH3 is 1. The standard InChI is InChI=1S/C12H24N2O4S/c1-18-12-3-2-6-14(9-12)19(16,17)13-7-4-11(10-15)5-8-13/h11-12,15H,2-10H2,1H3. The molecule has 2 aliphatic rings. The minimum absolute atomic E-state index is 0.0125. The Balaban J connectivity index is 1.98. The highest BCUT2D eigenvalue weighted by Crippen LogP contribution is 2.23. The number of nitrogens with zero attached hydrogens (tertiary/aromatic N) is 2. The molecule has 1 unspecified atom stereocenters. The zero-order chi connectivity index (χ0) is 13.9. The molecule has 0 aliphatic carbocycles. The molecule has 2 rings (SSSR count). The van der Waals surface area contributed by atoms with Crippen molar-refractivity contribution in [3.05, 3.63) is 0 Å². The average molecular weight is 292 g/mol. The molecule has 0 bridgehead atoms. The fourth-order valence-corrected chi connectivity index (χ4v) is 4.51. The summed E-state index contributed by atoms with van der Waals surface area (Å²) >= 11 is 0. The van der Waals surface area contributed by atoms with Gasteiger partial charge >= 0.3 is 0 Å². The average Bonchev–Trinajstić information content (AvgIpc) is 2.47. The van der Waals surface area contributed by atoms with Gasteiger partial charge in [-0.25, -0.2) is 0 Å². The zero-order valence-electron chi connectivity index (χ0n) is 11.5. The normalized spacial score (nSPS) is 28.6. The van der Waals surface area contributed by atoms with E-state index in [0.29, 0.717) is 26.2 Å². The fourth-order valence-electron chi connectivity index (χ4n) is 2.79. The monoisotopic (exact) mass is 292 g/mol. The van der Waals surface area contributed by atoms with Crippen LogP contribution in [0, 0.1) is 5.92 Å². The van der Waals surface area contributed by atoms with Gasteiger partial charge in [0.1, 0.15) is 0 Å². The second-order valence-corrected chi connectivity index (χ2v) is 7.32. The van der Waals surface area contributed by atoms with Gasteiger partial charge in [-0.3, -0.25) is 0 Å². The Labute approximate surface area is 115 Å². The Bertz CT molecular complexity index is 379. The van der Waals surface area contributed by atoms with E-state index in [1.165, 1.54) is 0 Å². The molecule has 19 heavy (non-hydrogen) atoms. The SMILES string of the molecule is COC1CCCN(S(=O)(=O)N2CCC(CO)CC2)C1. The predicted molar refractivity (Wildman–Crippen MR) is 71.9 cm³/mol. The topological polar surface area (TPSA) is 70.1 Å². The molecule has 2 aliphatic heterocycles. The lowest BCUT2D eigenvalue weighted by molar-refractivity contribution is 0.0545. The summed E-state index contributed by atoms with van der Waals surface area (Å²) in [5.41, 5.74) is 0. The first kappa shape index (κ1) is 15.2. The Hall–Kier alpha value is -0.210. The molecule has 1 atom stereocenters. The number of hydrogen-bond acceptors (Lipinski definition) is 4. The van der Waals surface area contributed by atoms with Gasteiger partial charge in [0.15, 0.2) is 0 Å². The van der Waals surface area contributed by atoms with Gasteiger partial charge < -0.3 is 9.84 Å². The maximum atomic E-state index is 12.5. The molecule has 0 aromatic rings. The van der Waals surface area contributed by atoms with Crippen LogP contribution in [0.2, 0.25) is 0 Å². The van der Waals surface area contributed by atoms with Crippen LogP contribution < -0.4 is 0 Å². The third-order valence-electron chi connectivity index (χ3n) is 4.16. The van der Waals surface area contributed by atoms with Crippen molar-refractivity contribution in [3.63, 3.8) is 0 Å². The van der Waals surface area contributed by atoms with E-state index in [1.54, 1.807) is 15.7 Å². The second-order valence-electron chi connectivity index (χ2n) is 5.39. The number of rotatable bonds is 4. The van der Waals surface area contributed by atoms with Gasteiger partial charge in [-0.2, -0.15) is 17.0 Å². The highest BCUT2D eigenvalue weighted by Gasteiger charge is 2.35. The van der Waals surface area contributed by atoms with E-state index >= 15 is 0 Å². The molecular formula is C12H24N2O4S. The minimum Gasteiger partial charge on any atom is -0.396 e. The summed E-state index contributed by atoms with van der Waals surface area (Å²) < 4.78 is 33.4. The quantitative estimate of drug-likeness (QED) is 0.794. The number of ether oxygens (including phenoxy) is 1. The fraction of sp³-hybridized carbons (Fsp3) is 1.00. The molecule has 0 radical (unpaired) electrons. The van der Waals surface area contributed by atoms with E-state index < -0.39 is 10.2 Å². The lowest BCUT2D eigenvalue weighted by atomic mass is 10.00. The molecule has 2 fully saturated rings. The first-order valence-electron chi connectivity index (χ1n) is 6.96. The largest absolute Gasteiger partial charge is 0.396 e. The number of aliphatic hydroxyl groups excluding tert-OH is 1. The maximum absolute atomic E-state index is 12.5. The molecule has 2 heterocycles. The summed E-state index contributed by atoms with van der Waals surface area (Å²) in [5.74, 6) is 0.250. The van der Waals surface area contributed by atoms with E-state index in [4.69, 9.17) is 9.84 Å². The van der Waals surface area contributed by atoms with Gasteiger partial charge in [-0.1, -0.05) is 0 Å². The number of aliphatic hydroxyl groups is 1. The summed E-state index contributed by atoms with van der Waals surface area (Å²) in [5, 5.41) is 9.10. The van der Waals surface area contributed by atoms with Crippen LogP contribution in [0.1, 0.15) is 25.7 Å². The van der Waals surface area contributed by atoms with Crippen molar-refractivity contribution in [1.82, 2.24) is 8.61 Å². The van der Waals surface area contributed by atoms with E-state index in [2.05, 4.69) is 0 Å². The van der Waals surface area contributed by atoms with Crippen LogP contribution in [-0.2, 0) is 14.9 Å². The maximum Gasteiger partial charge on any atom is 0.282 e. The molecule has 6 nitrogen and oxygen atoms in total. The molecule has 0 amide bonds.